The van der Waals surface area contributed by atoms with E-state index < -0.39 is 6.61 Å². The Labute approximate surface area is 200 Å². The molecule has 0 saturated carbocycles. The van der Waals surface area contributed by atoms with Crippen LogP contribution in [0.5, 0.6) is 5.75 Å². The summed E-state index contributed by atoms with van der Waals surface area (Å²) in [5.41, 5.74) is 1.45. The summed E-state index contributed by atoms with van der Waals surface area (Å²) in [6, 6.07) is 8.29. The molecule has 0 amide bonds. The van der Waals surface area contributed by atoms with Gasteiger partial charge in [0.1, 0.15) is 17.9 Å². The van der Waals surface area contributed by atoms with Crippen LogP contribution in [-0.4, -0.2) is 33.7 Å². The molecular formula is C20H22ClF2IN6O. The van der Waals surface area contributed by atoms with Crippen molar-refractivity contribution < 1.29 is 13.5 Å². The number of benzene rings is 1. The maximum atomic E-state index is 12.6. The van der Waals surface area contributed by atoms with E-state index >= 15 is 0 Å². The summed E-state index contributed by atoms with van der Waals surface area (Å²) in [4.78, 5) is 12.9. The second kappa shape index (κ2) is 12.4. The Kier molecular flexibility index (Phi) is 9.92. The average molecular weight is 563 g/mol. The molecule has 3 aromatic rings. The zero-order chi connectivity index (χ0) is 21.3. The fraction of sp³-hybridized carbons (Fsp3) is 0.250. The summed E-state index contributed by atoms with van der Waals surface area (Å²) in [7, 11) is 0. The van der Waals surface area contributed by atoms with Crippen molar-refractivity contribution in [2.45, 2.75) is 26.6 Å². The normalized spacial score (nSPS) is 11.2. The standard InChI is InChI=1S/C20H21ClF2N6O.HI/c1-2-25-20(28-12-15-10-16(21)3-4-17(15)30-19(22)23)27-11-14-5-6-26-18(9-14)29-8-7-24-13-29;/h3-10,13,19H,2,11-12H2,1H3,(H2,25,27,28);1H. The first-order valence-corrected chi connectivity index (χ1v) is 9.61. The van der Waals surface area contributed by atoms with Gasteiger partial charge in [-0.2, -0.15) is 8.78 Å². The zero-order valence-electron chi connectivity index (χ0n) is 16.6. The number of alkyl halides is 2. The van der Waals surface area contributed by atoms with Crippen molar-refractivity contribution in [3.05, 3.63) is 71.4 Å². The van der Waals surface area contributed by atoms with E-state index in [1.54, 1.807) is 29.4 Å². The molecule has 0 aliphatic heterocycles. The van der Waals surface area contributed by atoms with Gasteiger partial charge in [-0.1, -0.05) is 11.6 Å². The van der Waals surface area contributed by atoms with Crippen LogP contribution in [0, 0.1) is 0 Å². The Bertz CT molecular complexity index is 988. The van der Waals surface area contributed by atoms with E-state index in [1.165, 1.54) is 12.1 Å². The van der Waals surface area contributed by atoms with E-state index in [2.05, 4.69) is 30.3 Å². The zero-order valence-corrected chi connectivity index (χ0v) is 19.7. The molecule has 0 aliphatic carbocycles. The van der Waals surface area contributed by atoms with Crippen molar-refractivity contribution in [1.29, 1.82) is 0 Å². The molecule has 0 aliphatic rings. The highest BCUT2D eigenvalue weighted by Gasteiger charge is 2.11. The maximum Gasteiger partial charge on any atom is 0.387 e. The summed E-state index contributed by atoms with van der Waals surface area (Å²) in [5.74, 6) is 1.34. The second-order valence-electron chi connectivity index (χ2n) is 6.17. The third kappa shape index (κ3) is 7.62. The number of hydrogen-bond donors (Lipinski definition) is 2. The molecule has 0 atom stereocenters. The molecule has 7 nitrogen and oxygen atoms in total. The van der Waals surface area contributed by atoms with Crippen LogP contribution in [-0.2, 0) is 13.1 Å². The Morgan fingerprint density at radius 2 is 2.06 bits per heavy atom. The van der Waals surface area contributed by atoms with E-state index in [-0.39, 0.29) is 36.3 Å². The number of imidazole rings is 1. The number of halogens is 4. The third-order valence-corrected chi connectivity index (χ3v) is 4.26. The minimum Gasteiger partial charge on any atom is -0.434 e. The van der Waals surface area contributed by atoms with Gasteiger partial charge in [0, 0.05) is 42.3 Å². The van der Waals surface area contributed by atoms with E-state index in [1.807, 2.05) is 25.3 Å². The smallest absolute Gasteiger partial charge is 0.387 e. The first kappa shape index (κ1) is 24.8. The van der Waals surface area contributed by atoms with Gasteiger partial charge in [-0.05, 0) is 42.8 Å². The first-order chi connectivity index (χ1) is 14.5. The fourth-order valence-corrected chi connectivity index (χ4v) is 2.88. The molecule has 0 unspecified atom stereocenters. The van der Waals surface area contributed by atoms with E-state index in [0.717, 1.165) is 11.4 Å². The lowest BCUT2D eigenvalue weighted by atomic mass is 10.2. The molecule has 0 saturated heterocycles. The molecule has 2 heterocycles. The van der Waals surface area contributed by atoms with E-state index in [4.69, 9.17) is 11.6 Å². The van der Waals surface area contributed by atoms with Gasteiger partial charge in [-0.15, -0.1) is 24.0 Å². The predicted octanol–water partition coefficient (Wildman–Crippen LogP) is 4.40. The molecule has 0 bridgehead atoms. The number of pyridine rings is 1. The summed E-state index contributed by atoms with van der Waals surface area (Å²) >= 11 is 6.00. The van der Waals surface area contributed by atoms with Crippen molar-refractivity contribution in [2.24, 2.45) is 4.99 Å². The van der Waals surface area contributed by atoms with Crippen LogP contribution in [0.25, 0.3) is 5.82 Å². The number of guanidine groups is 1. The van der Waals surface area contributed by atoms with Crippen molar-refractivity contribution in [2.75, 3.05) is 6.54 Å². The van der Waals surface area contributed by atoms with Gasteiger partial charge < -0.3 is 15.4 Å². The largest absolute Gasteiger partial charge is 0.434 e. The Hall–Kier alpha value is -2.47. The summed E-state index contributed by atoms with van der Waals surface area (Å²) in [5, 5.41) is 6.67. The predicted molar refractivity (Wildman–Crippen MR) is 127 cm³/mol. The molecule has 11 heteroatoms. The van der Waals surface area contributed by atoms with Crippen LogP contribution in [0.1, 0.15) is 18.1 Å². The van der Waals surface area contributed by atoms with Gasteiger partial charge in [0.15, 0.2) is 5.96 Å². The highest BCUT2D eigenvalue weighted by Crippen LogP contribution is 2.24. The van der Waals surface area contributed by atoms with Crippen molar-refractivity contribution in [3.63, 3.8) is 0 Å². The highest BCUT2D eigenvalue weighted by atomic mass is 127. The van der Waals surface area contributed by atoms with Crippen LogP contribution >= 0.6 is 35.6 Å². The Morgan fingerprint density at radius 3 is 2.77 bits per heavy atom. The number of hydrogen-bond acceptors (Lipinski definition) is 4. The third-order valence-electron chi connectivity index (χ3n) is 4.03. The molecule has 0 fully saturated rings. The van der Waals surface area contributed by atoms with Crippen LogP contribution in [0.15, 0.2) is 60.2 Å². The van der Waals surface area contributed by atoms with Gasteiger partial charge in [0.25, 0.3) is 0 Å². The monoisotopic (exact) mass is 562 g/mol. The van der Waals surface area contributed by atoms with Crippen molar-refractivity contribution in [3.8, 4) is 11.6 Å². The van der Waals surface area contributed by atoms with Gasteiger partial charge in [0.05, 0.1) is 6.54 Å². The summed E-state index contributed by atoms with van der Waals surface area (Å²) < 4.78 is 31.7. The van der Waals surface area contributed by atoms with Crippen molar-refractivity contribution >= 4 is 41.5 Å². The summed E-state index contributed by atoms with van der Waals surface area (Å²) in [6.07, 6.45) is 6.87. The average Bonchev–Trinajstić information content (AvgIpc) is 3.27. The van der Waals surface area contributed by atoms with Gasteiger partial charge in [-0.25, -0.2) is 15.0 Å². The quantitative estimate of drug-likeness (QED) is 0.242. The van der Waals surface area contributed by atoms with Crippen LogP contribution < -0.4 is 15.4 Å². The second-order valence-corrected chi connectivity index (χ2v) is 6.61. The van der Waals surface area contributed by atoms with Gasteiger partial charge >= 0.3 is 6.61 Å². The summed E-state index contributed by atoms with van der Waals surface area (Å²) in [6.45, 7) is 0.271. The molecule has 0 radical (unpaired) electrons. The molecule has 2 aromatic heterocycles. The number of aromatic nitrogens is 3. The number of nitrogens with one attached hydrogen (secondary N) is 2. The number of nitrogens with zero attached hydrogens (tertiary/aromatic N) is 4. The van der Waals surface area contributed by atoms with Gasteiger partial charge in [-0.3, -0.25) is 4.57 Å². The molecule has 166 valence electrons. The Morgan fingerprint density at radius 1 is 1.23 bits per heavy atom. The fourth-order valence-electron chi connectivity index (χ4n) is 2.68. The van der Waals surface area contributed by atoms with Crippen LogP contribution in [0.4, 0.5) is 8.78 Å². The van der Waals surface area contributed by atoms with Gasteiger partial charge in [0.2, 0.25) is 0 Å². The minimum atomic E-state index is -2.91. The lowest BCUT2D eigenvalue weighted by Gasteiger charge is -2.15. The number of rotatable bonds is 8. The molecular weight excluding hydrogens is 541 g/mol. The maximum absolute atomic E-state index is 12.6. The molecule has 31 heavy (non-hydrogen) atoms. The molecule has 0 spiro atoms. The highest BCUT2D eigenvalue weighted by molar-refractivity contribution is 14.0. The van der Waals surface area contributed by atoms with E-state index in [9.17, 15) is 8.78 Å². The molecule has 3 rings (SSSR count). The van der Waals surface area contributed by atoms with Crippen molar-refractivity contribution in [1.82, 2.24) is 25.2 Å². The molecule has 2 N–H and O–H groups in total. The van der Waals surface area contributed by atoms with Crippen LogP contribution in [0.3, 0.4) is 0 Å². The van der Waals surface area contributed by atoms with Crippen LogP contribution in [0.2, 0.25) is 5.02 Å². The lowest BCUT2D eigenvalue weighted by molar-refractivity contribution is -0.0504. The topological polar surface area (TPSA) is 76.4 Å². The SMILES string of the molecule is CCNC(=NCc1ccnc(-n2ccnc2)c1)NCc1cc(Cl)ccc1OC(F)F.I. The van der Waals surface area contributed by atoms with E-state index in [0.29, 0.717) is 29.6 Å². The minimum absolute atomic E-state index is 0. The lowest BCUT2D eigenvalue weighted by Crippen LogP contribution is -2.36. The number of ether oxygens (including phenoxy) is 1. The number of aliphatic imine (C=N–C) groups is 1. The molecule has 1 aromatic carbocycles. The Balaban J connectivity index is 0.00000341. The first-order valence-electron chi connectivity index (χ1n) is 9.24.